The number of hydrogen-bond donors (Lipinski definition) is 1. The Kier molecular flexibility index (Phi) is 3.22. The van der Waals surface area contributed by atoms with Crippen molar-refractivity contribution in [1.29, 1.82) is 0 Å². The largest absolute Gasteiger partial charge is 0.470 e. The Bertz CT molecular complexity index is 482. The first-order valence-electron chi connectivity index (χ1n) is 5.01. The molecule has 2 heterocycles. The molecule has 0 unspecified atom stereocenters. The van der Waals surface area contributed by atoms with Crippen LogP contribution in [0.25, 0.3) is 10.8 Å². The monoisotopic (exact) mass is 237 g/mol. The third kappa shape index (κ3) is 1.94. The molecule has 1 aromatic heterocycles. The van der Waals surface area contributed by atoms with Gasteiger partial charge in [0.1, 0.15) is 6.10 Å². The van der Waals surface area contributed by atoms with Gasteiger partial charge in [0.2, 0.25) is 5.88 Å². The number of benzene rings is 1. The lowest BCUT2D eigenvalue weighted by Crippen LogP contribution is -2.50. The molecule has 1 aliphatic heterocycles. The van der Waals surface area contributed by atoms with E-state index in [-0.39, 0.29) is 18.5 Å². The van der Waals surface area contributed by atoms with Crippen LogP contribution in [0.5, 0.6) is 5.88 Å². The number of aromatic nitrogens is 2. The number of fused-ring (bicyclic) bond motifs is 1. The van der Waals surface area contributed by atoms with E-state index >= 15 is 0 Å². The fourth-order valence-corrected chi connectivity index (χ4v) is 1.59. The van der Waals surface area contributed by atoms with Crippen LogP contribution in [0.15, 0.2) is 30.5 Å². The molecule has 0 spiro atoms. The SMILES string of the molecule is Cl.c1ccc2c(OC3CNC3)nncc2c1. The molecule has 0 bridgehead atoms. The van der Waals surface area contributed by atoms with Crippen molar-refractivity contribution in [2.24, 2.45) is 0 Å². The number of halogens is 1. The van der Waals surface area contributed by atoms with Crippen molar-refractivity contribution in [3.8, 4) is 5.88 Å². The highest BCUT2D eigenvalue weighted by atomic mass is 35.5. The maximum absolute atomic E-state index is 5.73. The molecule has 4 nitrogen and oxygen atoms in total. The van der Waals surface area contributed by atoms with Crippen LogP contribution < -0.4 is 10.1 Å². The maximum Gasteiger partial charge on any atom is 0.241 e. The quantitative estimate of drug-likeness (QED) is 0.858. The highest BCUT2D eigenvalue weighted by molar-refractivity contribution is 5.86. The van der Waals surface area contributed by atoms with E-state index in [1.807, 2.05) is 24.3 Å². The summed E-state index contributed by atoms with van der Waals surface area (Å²) in [7, 11) is 0. The predicted octanol–water partition coefficient (Wildman–Crippen LogP) is 1.40. The standard InChI is InChI=1S/C11H11N3O.ClH/c1-2-4-10-8(3-1)5-13-14-11(10)15-9-6-12-7-9;/h1-5,9,12H,6-7H2;1H. The molecular weight excluding hydrogens is 226 g/mol. The second kappa shape index (κ2) is 4.63. The van der Waals surface area contributed by atoms with Crippen molar-refractivity contribution in [2.45, 2.75) is 6.10 Å². The summed E-state index contributed by atoms with van der Waals surface area (Å²) >= 11 is 0. The fraction of sp³-hybridized carbons (Fsp3) is 0.273. The first kappa shape index (κ1) is 11.1. The van der Waals surface area contributed by atoms with Crippen molar-refractivity contribution < 1.29 is 4.74 Å². The van der Waals surface area contributed by atoms with E-state index in [2.05, 4.69) is 15.5 Å². The van der Waals surface area contributed by atoms with Crippen LogP contribution in [-0.4, -0.2) is 29.4 Å². The molecule has 0 aliphatic carbocycles. The van der Waals surface area contributed by atoms with E-state index < -0.39 is 0 Å². The number of nitrogens with one attached hydrogen (secondary N) is 1. The summed E-state index contributed by atoms with van der Waals surface area (Å²) in [6.07, 6.45) is 1.99. The Morgan fingerprint density at radius 3 is 2.81 bits per heavy atom. The molecule has 1 saturated heterocycles. The molecular formula is C11H12ClN3O. The molecule has 0 saturated carbocycles. The van der Waals surface area contributed by atoms with E-state index in [9.17, 15) is 0 Å². The van der Waals surface area contributed by atoms with Gasteiger partial charge < -0.3 is 10.1 Å². The van der Waals surface area contributed by atoms with Gasteiger partial charge in [-0.05, 0) is 6.07 Å². The summed E-state index contributed by atoms with van der Waals surface area (Å²) in [5.74, 6) is 0.639. The first-order valence-corrected chi connectivity index (χ1v) is 5.01. The van der Waals surface area contributed by atoms with Crippen LogP contribution >= 0.6 is 12.4 Å². The van der Waals surface area contributed by atoms with Crippen LogP contribution in [0, 0.1) is 0 Å². The molecule has 1 aromatic carbocycles. The Balaban J connectivity index is 0.000000963. The molecule has 1 fully saturated rings. The molecule has 1 aliphatic rings. The molecule has 0 atom stereocenters. The van der Waals surface area contributed by atoms with Crippen LogP contribution in [0.2, 0.25) is 0 Å². The number of hydrogen-bond acceptors (Lipinski definition) is 4. The first-order chi connectivity index (χ1) is 7.43. The molecule has 84 valence electrons. The lowest BCUT2D eigenvalue weighted by molar-refractivity contribution is 0.137. The average Bonchev–Trinajstić information content (AvgIpc) is 2.23. The summed E-state index contributed by atoms with van der Waals surface area (Å²) in [5.41, 5.74) is 0. The fourth-order valence-electron chi connectivity index (χ4n) is 1.59. The van der Waals surface area contributed by atoms with Crippen molar-refractivity contribution in [3.63, 3.8) is 0 Å². The van der Waals surface area contributed by atoms with Gasteiger partial charge in [0.25, 0.3) is 0 Å². The molecule has 16 heavy (non-hydrogen) atoms. The topological polar surface area (TPSA) is 47.0 Å². The molecule has 2 aromatic rings. The molecule has 1 N–H and O–H groups in total. The van der Waals surface area contributed by atoms with E-state index in [1.165, 1.54) is 0 Å². The van der Waals surface area contributed by atoms with Gasteiger partial charge >= 0.3 is 0 Å². The van der Waals surface area contributed by atoms with Crippen molar-refractivity contribution in [3.05, 3.63) is 30.5 Å². The van der Waals surface area contributed by atoms with Gasteiger partial charge in [0.15, 0.2) is 0 Å². The van der Waals surface area contributed by atoms with E-state index in [0.29, 0.717) is 5.88 Å². The lowest BCUT2D eigenvalue weighted by Gasteiger charge is -2.27. The number of ether oxygens (including phenoxy) is 1. The van der Waals surface area contributed by atoms with E-state index in [0.717, 1.165) is 23.9 Å². The van der Waals surface area contributed by atoms with Gasteiger partial charge in [-0.25, -0.2) is 0 Å². The molecule has 3 rings (SSSR count). The predicted molar refractivity (Wildman–Crippen MR) is 64.1 cm³/mol. The van der Waals surface area contributed by atoms with Crippen LogP contribution in [0.1, 0.15) is 0 Å². The number of nitrogens with zero attached hydrogens (tertiary/aromatic N) is 2. The third-order valence-corrected chi connectivity index (χ3v) is 2.56. The normalized spacial score (nSPS) is 15.2. The zero-order valence-corrected chi connectivity index (χ0v) is 9.41. The minimum atomic E-state index is 0. The molecule has 5 heteroatoms. The van der Waals surface area contributed by atoms with Crippen molar-refractivity contribution >= 4 is 23.2 Å². The minimum absolute atomic E-state index is 0. The highest BCUT2D eigenvalue weighted by Crippen LogP contribution is 2.22. The summed E-state index contributed by atoms with van der Waals surface area (Å²) in [6, 6.07) is 7.98. The lowest BCUT2D eigenvalue weighted by atomic mass is 10.2. The summed E-state index contributed by atoms with van der Waals surface area (Å²) in [5, 5.41) is 13.2. The zero-order valence-electron chi connectivity index (χ0n) is 8.59. The van der Waals surface area contributed by atoms with Crippen LogP contribution in [0.3, 0.4) is 0 Å². The van der Waals surface area contributed by atoms with Crippen molar-refractivity contribution in [2.75, 3.05) is 13.1 Å². The van der Waals surface area contributed by atoms with Gasteiger partial charge in [-0.15, -0.1) is 17.5 Å². The Morgan fingerprint density at radius 1 is 1.25 bits per heavy atom. The third-order valence-electron chi connectivity index (χ3n) is 2.56. The summed E-state index contributed by atoms with van der Waals surface area (Å²) in [4.78, 5) is 0. The number of rotatable bonds is 2. The van der Waals surface area contributed by atoms with E-state index in [1.54, 1.807) is 6.20 Å². The van der Waals surface area contributed by atoms with E-state index in [4.69, 9.17) is 4.74 Å². The van der Waals surface area contributed by atoms with Gasteiger partial charge in [0.05, 0.1) is 6.20 Å². The van der Waals surface area contributed by atoms with Gasteiger partial charge in [0, 0.05) is 23.9 Å². The smallest absolute Gasteiger partial charge is 0.241 e. The van der Waals surface area contributed by atoms with Gasteiger partial charge in [-0.1, -0.05) is 18.2 Å². The second-order valence-electron chi connectivity index (χ2n) is 3.64. The van der Waals surface area contributed by atoms with Gasteiger partial charge in [-0.2, -0.15) is 5.10 Å². The van der Waals surface area contributed by atoms with Crippen molar-refractivity contribution in [1.82, 2.24) is 15.5 Å². The zero-order chi connectivity index (χ0) is 10.1. The summed E-state index contributed by atoms with van der Waals surface area (Å²) in [6.45, 7) is 1.79. The Morgan fingerprint density at radius 2 is 2.06 bits per heavy atom. The Hall–Kier alpha value is -1.39. The molecule has 0 amide bonds. The average molecular weight is 238 g/mol. The molecule has 0 radical (unpaired) electrons. The van der Waals surface area contributed by atoms with Crippen LogP contribution in [0.4, 0.5) is 0 Å². The second-order valence-corrected chi connectivity index (χ2v) is 3.64. The highest BCUT2D eigenvalue weighted by Gasteiger charge is 2.19. The maximum atomic E-state index is 5.73. The minimum Gasteiger partial charge on any atom is -0.470 e. The van der Waals surface area contributed by atoms with Gasteiger partial charge in [-0.3, -0.25) is 0 Å². The summed E-state index contributed by atoms with van der Waals surface area (Å²) < 4.78 is 5.73. The van der Waals surface area contributed by atoms with Crippen LogP contribution in [-0.2, 0) is 0 Å². The Labute approximate surface area is 99.4 Å².